The monoisotopic (exact) mass is 326 g/mol. The molecule has 0 fully saturated rings. The largest absolute Gasteiger partial charge is 0.463 e. The minimum absolute atomic E-state index is 0.255. The Morgan fingerprint density at radius 3 is 2.41 bits per heavy atom. The van der Waals surface area contributed by atoms with Crippen LogP contribution in [0, 0.1) is 11.8 Å². The highest BCUT2D eigenvalue weighted by molar-refractivity contribution is 7.99. The Balaban J connectivity index is 4.13. The maximum atomic E-state index is 11.3. The molecule has 2 unspecified atom stereocenters. The molecule has 0 aliphatic rings. The molecule has 0 aromatic heterocycles. The van der Waals surface area contributed by atoms with Gasteiger partial charge in [0.25, 0.3) is 0 Å². The number of carbonyl (C=O) groups is 1. The number of esters is 1. The number of rotatable bonds is 11. The molecule has 0 aromatic carbocycles. The second kappa shape index (κ2) is 12.8. The lowest BCUT2D eigenvalue weighted by Gasteiger charge is -2.21. The van der Waals surface area contributed by atoms with Crippen LogP contribution in [0.1, 0.15) is 60.8 Å². The van der Waals surface area contributed by atoms with E-state index in [1.807, 2.05) is 19.9 Å². The summed E-state index contributed by atoms with van der Waals surface area (Å²) in [5, 5.41) is 0.780. The van der Waals surface area contributed by atoms with E-state index in [-0.39, 0.29) is 5.97 Å². The highest BCUT2D eigenvalue weighted by Crippen LogP contribution is 2.26. The molecule has 0 rings (SSSR count). The summed E-state index contributed by atoms with van der Waals surface area (Å²) < 4.78 is 4.90. The highest BCUT2D eigenvalue weighted by Gasteiger charge is 2.14. The maximum Gasteiger partial charge on any atom is 0.330 e. The van der Waals surface area contributed by atoms with Gasteiger partial charge < -0.3 is 4.74 Å². The first-order valence-corrected chi connectivity index (χ1v) is 9.58. The number of thioether (sulfide) groups is 1. The molecule has 3 heteroatoms. The van der Waals surface area contributed by atoms with Crippen LogP contribution in [0.4, 0.5) is 0 Å². The number of allylic oxidation sites excluding steroid dienone is 3. The summed E-state index contributed by atoms with van der Waals surface area (Å²) in [6, 6.07) is 0. The van der Waals surface area contributed by atoms with Gasteiger partial charge in [0.1, 0.15) is 0 Å². The molecule has 0 saturated carbocycles. The van der Waals surface area contributed by atoms with Gasteiger partial charge in [-0.2, -0.15) is 11.8 Å². The van der Waals surface area contributed by atoms with E-state index in [2.05, 4.69) is 45.5 Å². The second-order valence-electron chi connectivity index (χ2n) is 6.20. The fourth-order valence-corrected chi connectivity index (χ4v) is 3.41. The first-order chi connectivity index (χ1) is 10.4. The average Bonchev–Trinajstić information content (AvgIpc) is 2.43. The van der Waals surface area contributed by atoms with Gasteiger partial charge in [0.05, 0.1) is 6.61 Å². The quantitative estimate of drug-likeness (QED) is 0.279. The molecular formula is C19H34O2S. The first kappa shape index (κ1) is 21.3. The summed E-state index contributed by atoms with van der Waals surface area (Å²) in [4.78, 5) is 11.3. The maximum absolute atomic E-state index is 11.3. The molecular weight excluding hydrogens is 292 g/mol. The summed E-state index contributed by atoms with van der Waals surface area (Å²) in [7, 11) is 0. The lowest BCUT2D eigenvalue weighted by molar-refractivity contribution is -0.137. The van der Waals surface area contributed by atoms with Crippen LogP contribution < -0.4 is 0 Å². The Labute approximate surface area is 141 Å². The minimum Gasteiger partial charge on any atom is -0.463 e. The summed E-state index contributed by atoms with van der Waals surface area (Å²) in [5.74, 6) is 2.39. The van der Waals surface area contributed by atoms with Crippen molar-refractivity contribution < 1.29 is 9.53 Å². The van der Waals surface area contributed by atoms with Crippen molar-refractivity contribution in [1.29, 1.82) is 0 Å². The molecule has 0 saturated heterocycles. The van der Waals surface area contributed by atoms with Crippen LogP contribution in [-0.2, 0) is 9.53 Å². The Bertz CT molecular complexity index is 358. The molecule has 22 heavy (non-hydrogen) atoms. The molecule has 2 atom stereocenters. The fraction of sp³-hybridized carbons (Fsp3) is 0.737. The normalized spacial score (nSPS) is 15.3. The van der Waals surface area contributed by atoms with Gasteiger partial charge in [-0.25, -0.2) is 4.79 Å². The van der Waals surface area contributed by atoms with Crippen molar-refractivity contribution in [2.45, 2.75) is 66.1 Å². The van der Waals surface area contributed by atoms with E-state index in [1.165, 1.54) is 18.6 Å². The molecule has 0 spiro atoms. The molecule has 0 amide bonds. The van der Waals surface area contributed by atoms with Crippen molar-refractivity contribution in [2.24, 2.45) is 11.8 Å². The standard InChI is InChI=1S/C19H34O2S/c1-7-21-19(20)14-17(6)11-9-10-16(5)12-13-18(15(3)4)22-8-2/h9,11,14-16,18H,7-8,10,12-13H2,1-6H3/b11-9+,17-14+. The van der Waals surface area contributed by atoms with E-state index >= 15 is 0 Å². The van der Waals surface area contributed by atoms with Crippen molar-refractivity contribution in [3.8, 4) is 0 Å². The van der Waals surface area contributed by atoms with Crippen LogP contribution in [-0.4, -0.2) is 23.6 Å². The third-order valence-electron chi connectivity index (χ3n) is 3.62. The van der Waals surface area contributed by atoms with Crippen LogP contribution >= 0.6 is 11.8 Å². The van der Waals surface area contributed by atoms with Gasteiger partial charge in [-0.3, -0.25) is 0 Å². The van der Waals surface area contributed by atoms with Crippen molar-refractivity contribution >= 4 is 17.7 Å². The van der Waals surface area contributed by atoms with Crippen LogP contribution in [0.25, 0.3) is 0 Å². The number of hydrogen-bond donors (Lipinski definition) is 0. The van der Waals surface area contributed by atoms with Gasteiger partial charge in [-0.05, 0) is 56.3 Å². The van der Waals surface area contributed by atoms with E-state index in [4.69, 9.17) is 4.74 Å². The summed E-state index contributed by atoms with van der Waals surface area (Å²) >= 11 is 2.09. The predicted molar refractivity (Wildman–Crippen MR) is 99.3 cm³/mol. The Morgan fingerprint density at radius 1 is 1.18 bits per heavy atom. The molecule has 2 nitrogen and oxygen atoms in total. The number of carbonyl (C=O) groups excluding carboxylic acids is 1. The van der Waals surface area contributed by atoms with Crippen molar-refractivity contribution in [3.05, 3.63) is 23.8 Å². The van der Waals surface area contributed by atoms with Crippen LogP contribution in [0.15, 0.2) is 23.8 Å². The Morgan fingerprint density at radius 2 is 1.86 bits per heavy atom. The third kappa shape index (κ3) is 10.9. The van der Waals surface area contributed by atoms with Gasteiger partial charge in [-0.15, -0.1) is 0 Å². The SMILES string of the molecule is CCOC(=O)/C=C(C)/C=C/CC(C)CCC(SCC)C(C)C. The molecule has 0 aliphatic carbocycles. The van der Waals surface area contributed by atoms with Gasteiger partial charge in [0.2, 0.25) is 0 Å². The smallest absolute Gasteiger partial charge is 0.330 e. The highest BCUT2D eigenvalue weighted by atomic mass is 32.2. The first-order valence-electron chi connectivity index (χ1n) is 8.53. The molecule has 0 heterocycles. The van der Waals surface area contributed by atoms with Crippen molar-refractivity contribution in [2.75, 3.05) is 12.4 Å². The fourth-order valence-electron chi connectivity index (χ4n) is 2.29. The molecule has 0 aromatic rings. The average molecular weight is 327 g/mol. The summed E-state index contributed by atoms with van der Waals surface area (Å²) in [6.45, 7) is 13.4. The molecule has 0 bridgehead atoms. The lowest BCUT2D eigenvalue weighted by Crippen LogP contribution is -2.13. The topological polar surface area (TPSA) is 26.3 Å². The van der Waals surface area contributed by atoms with E-state index in [0.717, 1.165) is 23.2 Å². The number of ether oxygens (including phenoxy) is 1. The third-order valence-corrected chi connectivity index (χ3v) is 5.16. The van der Waals surface area contributed by atoms with Gasteiger partial charge in [0.15, 0.2) is 0 Å². The van der Waals surface area contributed by atoms with Gasteiger partial charge >= 0.3 is 5.97 Å². The molecule has 128 valence electrons. The zero-order valence-electron chi connectivity index (χ0n) is 15.2. The zero-order chi connectivity index (χ0) is 17.0. The van der Waals surface area contributed by atoms with E-state index in [9.17, 15) is 4.79 Å². The van der Waals surface area contributed by atoms with Gasteiger partial charge in [0, 0.05) is 11.3 Å². The van der Waals surface area contributed by atoms with E-state index < -0.39 is 0 Å². The Hall–Kier alpha value is -0.700. The molecule has 0 aliphatic heterocycles. The van der Waals surface area contributed by atoms with E-state index in [1.54, 1.807) is 6.08 Å². The van der Waals surface area contributed by atoms with Crippen LogP contribution in [0.2, 0.25) is 0 Å². The van der Waals surface area contributed by atoms with E-state index in [0.29, 0.717) is 12.5 Å². The lowest BCUT2D eigenvalue weighted by atomic mass is 9.96. The van der Waals surface area contributed by atoms with Gasteiger partial charge in [-0.1, -0.05) is 39.8 Å². The van der Waals surface area contributed by atoms with Crippen molar-refractivity contribution in [1.82, 2.24) is 0 Å². The Kier molecular flexibility index (Phi) is 12.4. The predicted octanol–water partition coefficient (Wildman–Crippen LogP) is 5.64. The van der Waals surface area contributed by atoms with Crippen LogP contribution in [0.5, 0.6) is 0 Å². The zero-order valence-corrected chi connectivity index (χ0v) is 16.0. The molecule has 0 N–H and O–H groups in total. The van der Waals surface area contributed by atoms with Crippen molar-refractivity contribution in [3.63, 3.8) is 0 Å². The second-order valence-corrected chi connectivity index (χ2v) is 7.71. The minimum atomic E-state index is -0.255. The summed E-state index contributed by atoms with van der Waals surface area (Å²) in [5.41, 5.74) is 0.951. The summed E-state index contributed by atoms with van der Waals surface area (Å²) in [6.07, 6.45) is 9.37. The van der Waals surface area contributed by atoms with Crippen LogP contribution in [0.3, 0.4) is 0 Å². The molecule has 0 radical (unpaired) electrons. The number of hydrogen-bond acceptors (Lipinski definition) is 3.